The summed E-state index contributed by atoms with van der Waals surface area (Å²) in [5.41, 5.74) is 7.22. The molecule has 0 nitrogen and oxygen atoms in total. The molecule has 0 heterocycles. The van der Waals surface area contributed by atoms with Gasteiger partial charge in [-0.1, -0.05) is 0 Å². The molecule has 0 spiro atoms. The second kappa shape index (κ2) is 6.99. The minimum atomic E-state index is -1.55. The number of rotatable bonds is 2. The Morgan fingerprint density at radius 3 is 1.71 bits per heavy atom. The summed E-state index contributed by atoms with van der Waals surface area (Å²) in [5.74, 6) is 1.65. The second-order valence-electron chi connectivity index (χ2n) is 8.68. The molecule has 0 N–H and O–H groups in total. The van der Waals surface area contributed by atoms with Crippen LogP contribution in [0.1, 0.15) is 52.4 Å². The van der Waals surface area contributed by atoms with Gasteiger partial charge in [0.2, 0.25) is 0 Å². The van der Waals surface area contributed by atoms with Crippen molar-refractivity contribution in [3.63, 3.8) is 0 Å². The molecule has 0 aromatic heterocycles. The molecule has 0 aromatic carbocycles. The van der Waals surface area contributed by atoms with Crippen molar-refractivity contribution in [2.45, 2.75) is 72.7 Å². The van der Waals surface area contributed by atoms with Crippen LogP contribution in [0.3, 0.4) is 0 Å². The van der Waals surface area contributed by atoms with Gasteiger partial charge in [-0.3, -0.25) is 0 Å². The summed E-state index contributed by atoms with van der Waals surface area (Å²) >= 11 is -1.55. The molecule has 0 aliphatic heterocycles. The van der Waals surface area contributed by atoms with Gasteiger partial charge in [0, 0.05) is 0 Å². The van der Waals surface area contributed by atoms with Crippen LogP contribution in [0.2, 0.25) is 20.3 Å². The molecule has 0 radical (unpaired) electrons. The van der Waals surface area contributed by atoms with Crippen molar-refractivity contribution in [2.75, 3.05) is 0 Å². The third kappa shape index (κ3) is 2.90. The van der Waals surface area contributed by atoms with Crippen molar-refractivity contribution < 1.29 is 20.4 Å². The van der Waals surface area contributed by atoms with E-state index >= 15 is 0 Å². The van der Waals surface area contributed by atoms with E-state index < -0.39 is 20.4 Å². The normalized spacial score (nSPS) is 34.7. The Morgan fingerprint density at radius 2 is 1.29 bits per heavy atom. The summed E-state index contributed by atoms with van der Waals surface area (Å²) in [6, 6.07) is 0. The molecule has 0 amide bonds. The molecule has 4 aliphatic rings. The summed E-state index contributed by atoms with van der Waals surface area (Å²) in [5, 5.41) is 0. The first-order valence-corrected chi connectivity index (χ1v) is 19.1. The first-order valence-electron chi connectivity index (χ1n) is 10.1. The SMILES string of the molecule is CC1CCCC2=C1C=C[CH]2[Zr]([CH]1C=CC2=C1CCCC2C)=[Si](C)C. The summed E-state index contributed by atoms with van der Waals surface area (Å²) in [7, 11) is 0. The van der Waals surface area contributed by atoms with Crippen LogP contribution < -0.4 is 0 Å². The van der Waals surface area contributed by atoms with Crippen LogP contribution in [-0.2, 0) is 20.4 Å². The quantitative estimate of drug-likeness (QED) is 0.435. The van der Waals surface area contributed by atoms with Crippen molar-refractivity contribution in [1.29, 1.82) is 0 Å². The Hall–Kier alpha value is 0.0600. The monoisotopic (exact) mass is 414 g/mol. The van der Waals surface area contributed by atoms with Crippen molar-refractivity contribution in [1.82, 2.24) is 0 Å². The first kappa shape index (κ1) is 17.5. The molecule has 4 rings (SSSR count). The van der Waals surface area contributed by atoms with Crippen LogP contribution in [0.15, 0.2) is 46.6 Å². The van der Waals surface area contributed by atoms with Crippen LogP contribution in [0.25, 0.3) is 0 Å². The van der Waals surface area contributed by atoms with E-state index in [1.165, 1.54) is 38.5 Å². The van der Waals surface area contributed by atoms with E-state index in [4.69, 9.17) is 0 Å². The summed E-state index contributed by atoms with van der Waals surface area (Å²) < 4.78 is 1.88. The second-order valence-corrected chi connectivity index (χ2v) is 26.8. The molecule has 2 heteroatoms. The first-order chi connectivity index (χ1) is 11.6. The Labute approximate surface area is 156 Å². The van der Waals surface area contributed by atoms with Crippen molar-refractivity contribution in [3.8, 4) is 0 Å². The molecule has 4 aliphatic carbocycles. The van der Waals surface area contributed by atoms with Gasteiger partial charge in [0.15, 0.2) is 0 Å². The van der Waals surface area contributed by atoms with Crippen molar-refractivity contribution in [2.24, 2.45) is 11.8 Å². The molecule has 24 heavy (non-hydrogen) atoms. The average Bonchev–Trinajstić information content (AvgIpc) is 3.15. The molecule has 128 valence electrons. The van der Waals surface area contributed by atoms with Crippen LogP contribution in [0, 0.1) is 11.8 Å². The zero-order valence-electron chi connectivity index (χ0n) is 15.9. The van der Waals surface area contributed by atoms with E-state index in [-0.39, 0.29) is 5.43 Å². The van der Waals surface area contributed by atoms with E-state index in [1.54, 1.807) is 11.1 Å². The van der Waals surface area contributed by atoms with E-state index in [0.29, 0.717) is 0 Å². The fourth-order valence-electron chi connectivity index (χ4n) is 5.67. The van der Waals surface area contributed by atoms with E-state index in [2.05, 4.69) is 51.2 Å². The molecule has 0 saturated carbocycles. The summed E-state index contributed by atoms with van der Waals surface area (Å²) in [4.78, 5) is 0. The van der Waals surface area contributed by atoms with Crippen LogP contribution in [0.5, 0.6) is 0 Å². The van der Waals surface area contributed by atoms with Crippen LogP contribution in [-0.4, -0.2) is 5.43 Å². The fraction of sp³-hybridized carbons (Fsp3) is 0.636. The van der Waals surface area contributed by atoms with Gasteiger partial charge < -0.3 is 0 Å². The average molecular weight is 416 g/mol. The number of allylic oxidation sites excluding steroid dienone is 8. The maximum atomic E-state index is 2.69. The van der Waals surface area contributed by atoms with E-state index in [9.17, 15) is 0 Å². The molecule has 4 atom stereocenters. The summed E-state index contributed by atoms with van der Waals surface area (Å²) in [6.45, 7) is 10.2. The van der Waals surface area contributed by atoms with E-state index in [1.807, 2.05) is 11.1 Å². The summed E-state index contributed by atoms with van der Waals surface area (Å²) in [6.07, 6.45) is 19.0. The predicted octanol–water partition coefficient (Wildman–Crippen LogP) is 6.81. The Morgan fingerprint density at radius 1 is 0.833 bits per heavy atom. The van der Waals surface area contributed by atoms with Gasteiger partial charge in [0.1, 0.15) is 0 Å². The molecular weight excluding hydrogens is 384 g/mol. The van der Waals surface area contributed by atoms with Crippen LogP contribution in [0.4, 0.5) is 0 Å². The molecule has 4 unspecified atom stereocenters. The van der Waals surface area contributed by atoms with Gasteiger partial charge in [-0.15, -0.1) is 0 Å². The van der Waals surface area contributed by atoms with Gasteiger partial charge in [0.25, 0.3) is 0 Å². The number of hydrogen-bond donors (Lipinski definition) is 0. The molecular formula is C22H32SiZr. The molecule has 0 bridgehead atoms. The van der Waals surface area contributed by atoms with Crippen molar-refractivity contribution >= 4 is 5.43 Å². The third-order valence-corrected chi connectivity index (χ3v) is 26.2. The fourth-order valence-corrected chi connectivity index (χ4v) is 25.1. The topological polar surface area (TPSA) is 0 Å². The molecule has 0 aromatic rings. The van der Waals surface area contributed by atoms with Gasteiger partial charge in [0.05, 0.1) is 0 Å². The van der Waals surface area contributed by atoms with E-state index in [0.717, 1.165) is 19.1 Å². The standard InChI is InChI=1S/2C10H13.C2H6Si.Zr/c2*1-8-4-2-5-9-6-3-7-10(8)9;1-3-2;/h2*3,6-8H,2,4-5H2,1H3;1-2H3;. The predicted molar refractivity (Wildman–Crippen MR) is 103 cm³/mol. The van der Waals surface area contributed by atoms with Gasteiger partial charge in [-0.2, -0.15) is 0 Å². The Balaban J connectivity index is 1.72. The Bertz CT molecular complexity index is 645. The minimum absolute atomic E-state index is 0.147. The Kier molecular flexibility index (Phi) is 5.09. The maximum absolute atomic E-state index is 2.69. The molecule has 0 saturated heterocycles. The zero-order valence-corrected chi connectivity index (χ0v) is 19.3. The van der Waals surface area contributed by atoms with Crippen LogP contribution >= 0.6 is 0 Å². The number of hydrogen-bond acceptors (Lipinski definition) is 0. The molecule has 0 fully saturated rings. The third-order valence-electron chi connectivity index (χ3n) is 6.90. The van der Waals surface area contributed by atoms with Gasteiger partial charge in [-0.05, 0) is 0 Å². The van der Waals surface area contributed by atoms with Crippen molar-refractivity contribution in [3.05, 3.63) is 46.6 Å². The van der Waals surface area contributed by atoms with Gasteiger partial charge >= 0.3 is 157 Å². The van der Waals surface area contributed by atoms with Gasteiger partial charge in [-0.25, -0.2) is 0 Å². The zero-order chi connectivity index (χ0) is 16.8.